The van der Waals surface area contributed by atoms with Crippen LogP contribution in [0.4, 0.5) is 0 Å². The Morgan fingerprint density at radius 1 is 1.00 bits per heavy atom. The van der Waals surface area contributed by atoms with E-state index in [4.69, 9.17) is 11.5 Å². The van der Waals surface area contributed by atoms with Gasteiger partial charge in [0.1, 0.15) is 11.3 Å². The monoisotopic (exact) mass is 324 g/mol. The van der Waals surface area contributed by atoms with Gasteiger partial charge in [-0.3, -0.25) is 9.59 Å². The first-order valence-corrected chi connectivity index (χ1v) is 7.34. The van der Waals surface area contributed by atoms with Crippen molar-refractivity contribution in [3.05, 3.63) is 53.7 Å². The minimum absolute atomic E-state index is 0.0763. The number of carbonyl (C=O) groups is 2. The Kier molecular flexibility index (Phi) is 4.19. The van der Waals surface area contributed by atoms with Crippen molar-refractivity contribution in [3.8, 4) is 0 Å². The predicted molar refractivity (Wildman–Crippen MR) is 86.7 cm³/mol. The van der Waals surface area contributed by atoms with Gasteiger partial charge in [0, 0.05) is 0 Å². The molecule has 0 saturated heterocycles. The Morgan fingerprint density at radius 3 is 2.38 bits per heavy atom. The number of fused-ring (bicyclic) bond motifs is 1. The molecule has 0 saturated carbocycles. The molecule has 0 aliphatic rings. The number of primary amides is 2. The second kappa shape index (κ2) is 6.45. The van der Waals surface area contributed by atoms with E-state index < -0.39 is 11.8 Å². The maximum absolute atomic E-state index is 11.3. The zero-order chi connectivity index (χ0) is 17.1. The molecule has 4 N–H and O–H groups in total. The average molecular weight is 324 g/mol. The smallest absolute Gasteiger partial charge is 0.225 e. The third kappa shape index (κ3) is 3.37. The topological polar surface area (TPSA) is 130 Å². The third-order valence-corrected chi connectivity index (χ3v) is 3.45. The lowest BCUT2D eigenvalue weighted by molar-refractivity contribution is -0.118. The molecule has 2 heterocycles. The molecule has 0 atom stereocenters. The van der Waals surface area contributed by atoms with Gasteiger partial charge in [-0.1, -0.05) is 30.3 Å². The van der Waals surface area contributed by atoms with E-state index in [1.54, 1.807) is 6.33 Å². The molecule has 8 heteroatoms. The molecule has 2 amide bonds. The summed E-state index contributed by atoms with van der Waals surface area (Å²) in [6.45, 7) is 0.556. The van der Waals surface area contributed by atoms with Crippen LogP contribution in [0.1, 0.15) is 17.1 Å². The molecule has 24 heavy (non-hydrogen) atoms. The van der Waals surface area contributed by atoms with Gasteiger partial charge in [-0.2, -0.15) is 0 Å². The highest BCUT2D eigenvalue weighted by Gasteiger charge is 2.16. The Balaban J connectivity index is 2.07. The Bertz CT molecular complexity index is 904. The van der Waals surface area contributed by atoms with Crippen molar-refractivity contribution >= 4 is 23.0 Å². The summed E-state index contributed by atoms with van der Waals surface area (Å²) in [5, 5.41) is 0. The molecule has 0 bridgehead atoms. The van der Waals surface area contributed by atoms with Gasteiger partial charge in [0.2, 0.25) is 11.8 Å². The lowest BCUT2D eigenvalue weighted by Gasteiger charge is -2.07. The molecule has 1 aromatic carbocycles. The largest absolute Gasteiger partial charge is 0.369 e. The summed E-state index contributed by atoms with van der Waals surface area (Å²) in [5.74, 6) is -0.827. The number of amides is 2. The summed E-state index contributed by atoms with van der Waals surface area (Å²) >= 11 is 0. The molecule has 8 nitrogen and oxygen atoms in total. The van der Waals surface area contributed by atoms with Crippen molar-refractivity contribution in [2.24, 2.45) is 11.5 Å². The van der Waals surface area contributed by atoms with Gasteiger partial charge in [-0.15, -0.1) is 0 Å². The Hall–Kier alpha value is -3.29. The molecule has 2 aromatic heterocycles. The number of imidazole rings is 1. The first-order valence-electron chi connectivity index (χ1n) is 7.34. The van der Waals surface area contributed by atoms with Crippen LogP contribution < -0.4 is 11.5 Å². The van der Waals surface area contributed by atoms with E-state index in [2.05, 4.69) is 15.0 Å². The third-order valence-electron chi connectivity index (χ3n) is 3.45. The summed E-state index contributed by atoms with van der Waals surface area (Å²) in [4.78, 5) is 35.4. The molecule has 0 unspecified atom stereocenters. The normalized spacial score (nSPS) is 10.8. The molecule has 0 aliphatic carbocycles. The van der Waals surface area contributed by atoms with Crippen molar-refractivity contribution in [2.45, 2.75) is 19.4 Å². The second-order valence-corrected chi connectivity index (χ2v) is 5.40. The Morgan fingerprint density at radius 2 is 1.71 bits per heavy atom. The maximum atomic E-state index is 11.3. The van der Waals surface area contributed by atoms with Gasteiger partial charge in [-0.25, -0.2) is 15.0 Å². The summed E-state index contributed by atoms with van der Waals surface area (Å²) in [5.41, 5.74) is 13.0. The number of carbonyl (C=O) groups excluding carboxylic acids is 2. The van der Waals surface area contributed by atoms with Crippen LogP contribution in [0.2, 0.25) is 0 Å². The van der Waals surface area contributed by atoms with E-state index in [1.807, 2.05) is 34.9 Å². The van der Waals surface area contributed by atoms with E-state index in [9.17, 15) is 9.59 Å². The van der Waals surface area contributed by atoms with Crippen molar-refractivity contribution in [1.82, 2.24) is 19.5 Å². The van der Waals surface area contributed by atoms with Crippen LogP contribution in [0.3, 0.4) is 0 Å². The van der Waals surface area contributed by atoms with Crippen molar-refractivity contribution in [1.29, 1.82) is 0 Å². The zero-order valence-corrected chi connectivity index (χ0v) is 12.8. The molecule has 0 aliphatic heterocycles. The minimum Gasteiger partial charge on any atom is -0.369 e. The summed E-state index contributed by atoms with van der Waals surface area (Å²) in [7, 11) is 0. The molecular formula is C16H16N6O2. The molecule has 0 radical (unpaired) electrons. The number of nitrogens with zero attached hydrogens (tertiary/aromatic N) is 4. The van der Waals surface area contributed by atoms with Crippen LogP contribution in [-0.4, -0.2) is 31.3 Å². The molecule has 3 rings (SSSR count). The summed E-state index contributed by atoms with van der Waals surface area (Å²) in [6.07, 6.45) is 1.44. The van der Waals surface area contributed by atoms with Crippen LogP contribution in [-0.2, 0) is 29.0 Å². The van der Waals surface area contributed by atoms with Gasteiger partial charge in [0.05, 0.1) is 31.4 Å². The van der Waals surface area contributed by atoms with Gasteiger partial charge in [0.25, 0.3) is 0 Å². The maximum Gasteiger partial charge on any atom is 0.225 e. The van der Waals surface area contributed by atoms with Crippen LogP contribution in [0.25, 0.3) is 11.2 Å². The number of nitrogens with two attached hydrogens (primary N) is 2. The van der Waals surface area contributed by atoms with E-state index in [-0.39, 0.29) is 18.7 Å². The van der Waals surface area contributed by atoms with Crippen LogP contribution in [0, 0.1) is 0 Å². The fourth-order valence-electron chi connectivity index (χ4n) is 2.47. The fraction of sp³-hybridized carbons (Fsp3) is 0.188. The van der Waals surface area contributed by atoms with E-state index in [1.165, 1.54) is 0 Å². The predicted octanol–water partition coefficient (Wildman–Crippen LogP) is -0.0698. The highest BCUT2D eigenvalue weighted by Crippen LogP contribution is 2.17. The lowest BCUT2D eigenvalue weighted by Crippen LogP contribution is -2.19. The highest BCUT2D eigenvalue weighted by molar-refractivity contribution is 5.83. The SMILES string of the molecule is NC(=O)Cc1nc(CC(N)=O)c2ncn(Cc3ccccc3)c2n1. The molecule has 3 aromatic rings. The highest BCUT2D eigenvalue weighted by atomic mass is 16.1. The summed E-state index contributed by atoms with van der Waals surface area (Å²) in [6, 6.07) is 9.80. The fourth-order valence-corrected chi connectivity index (χ4v) is 2.47. The zero-order valence-electron chi connectivity index (χ0n) is 12.8. The molecule has 0 spiro atoms. The van der Waals surface area contributed by atoms with Crippen LogP contribution in [0.15, 0.2) is 36.7 Å². The number of hydrogen-bond donors (Lipinski definition) is 2. The minimum atomic E-state index is -0.548. The second-order valence-electron chi connectivity index (χ2n) is 5.40. The molecule has 0 fully saturated rings. The van der Waals surface area contributed by atoms with Crippen LogP contribution >= 0.6 is 0 Å². The van der Waals surface area contributed by atoms with Gasteiger partial charge >= 0.3 is 0 Å². The Labute approximate surface area is 137 Å². The van der Waals surface area contributed by atoms with E-state index in [0.29, 0.717) is 23.4 Å². The number of aromatic nitrogens is 4. The van der Waals surface area contributed by atoms with Gasteiger partial charge < -0.3 is 16.0 Å². The standard InChI is InChI=1S/C16H16N6O2/c17-12(23)6-11-15-16(21-14(20-11)7-13(18)24)22(9-19-15)8-10-4-2-1-3-5-10/h1-5,9H,6-8H2,(H2,17,23)(H2,18,24). The van der Waals surface area contributed by atoms with Crippen molar-refractivity contribution < 1.29 is 9.59 Å². The van der Waals surface area contributed by atoms with Crippen molar-refractivity contribution in [3.63, 3.8) is 0 Å². The molecular weight excluding hydrogens is 308 g/mol. The quantitative estimate of drug-likeness (QED) is 0.655. The first kappa shape index (κ1) is 15.6. The average Bonchev–Trinajstić information content (AvgIpc) is 2.90. The molecule has 122 valence electrons. The van der Waals surface area contributed by atoms with Gasteiger partial charge in [-0.05, 0) is 5.56 Å². The summed E-state index contributed by atoms with van der Waals surface area (Å²) < 4.78 is 1.83. The van der Waals surface area contributed by atoms with E-state index >= 15 is 0 Å². The van der Waals surface area contributed by atoms with Crippen molar-refractivity contribution in [2.75, 3.05) is 0 Å². The van der Waals surface area contributed by atoms with Crippen LogP contribution in [0.5, 0.6) is 0 Å². The first-order chi connectivity index (χ1) is 11.5. The number of rotatable bonds is 6. The number of hydrogen-bond acceptors (Lipinski definition) is 5. The number of benzene rings is 1. The van der Waals surface area contributed by atoms with Gasteiger partial charge in [0.15, 0.2) is 5.65 Å². The lowest BCUT2D eigenvalue weighted by atomic mass is 10.2. The van der Waals surface area contributed by atoms with E-state index in [0.717, 1.165) is 5.56 Å².